The van der Waals surface area contributed by atoms with Crippen molar-refractivity contribution in [1.82, 2.24) is 10.2 Å². The maximum Gasteiger partial charge on any atom is 0.352 e. The van der Waals surface area contributed by atoms with E-state index in [0.29, 0.717) is 45.0 Å². The van der Waals surface area contributed by atoms with Crippen LogP contribution < -0.4 is 26.5 Å². The van der Waals surface area contributed by atoms with Gasteiger partial charge in [0.2, 0.25) is 5.91 Å². The summed E-state index contributed by atoms with van der Waals surface area (Å²) >= 11 is 16.2. The van der Waals surface area contributed by atoms with Gasteiger partial charge in [-0.1, -0.05) is 23.2 Å². The third kappa shape index (κ3) is 8.53. The van der Waals surface area contributed by atoms with Gasteiger partial charge in [-0.3, -0.25) is 14.5 Å². The predicted octanol–water partition coefficient (Wildman–Crippen LogP) is 1.08. The summed E-state index contributed by atoms with van der Waals surface area (Å²) in [6.07, 6.45) is 4.38. The number of guanidine groups is 1. The van der Waals surface area contributed by atoms with Gasteiger partial charge in [-0.05, 0) is 30.2 Å². The molecular formula is C27H28Cl2N6O6S3. The van der Waals surface area contributed by atoms with Gasteiger partial charge in [0.1, 0.15) is 23.7 Å². The van der Waals surface area contributed by atoms with E-state index >= 15 is 0 Å². The van der Waals surface area contributed by atoms with Gasteiger partial charge in [0.25, 0.3) is 5.91 Å². The van der Waals surface area contributed by atoms with Crippen LogP contribution in [0.3, 0.4) is 0 Å². The fraction of sp³-hybridized carbons (Fsp3) is 0.333. The Bertz CT molecular complexity index is 1510. The van der Waals surface area contributed by atoms with Gasteiger partial charge in [-0.2, -0.15) is 0 Å². The molecule has 0 aliphatic carbocycles. The molecule has 1 saturated heterocycles. The van der Waals surface area contributed by atoms with Crippen LogP contribution in [0.2, 0.25) is 10.0 Å². The molecule has 1 fully saturated rings. The number of amides is 2. The number of pyridine rings is 1. The molecule has 2 aliphatic heterocycles. The Morgan fingerprint density at radius 1 is 1.20 bits per heavy atom. The van der Waals surface area contributed by atoms with Gasteiger partial charge in [0, 0.05) is 44.9 Å². The number of rotatable bonds is 14. The lowest BCUT2D eigenvalue weighted by Crippen LogP contribution is -2.70. The first kappa shape index (κ1) is 33.8. The van der Waals surface area contributed by atoms with Crippen molar-refractivity contribution in [3.05, 3.63) is 64.0 Å². The second-order valence-electron chi connectivity index (χ2n) is 9.67. The Balaban J connectivity index is 1.30. The molecule has 6 N–H and O–H groups in total. The van der Waals surface area contributed by atoms with Gasteiger partial charge < -0.3 is 31.8 Å². The first-order valence-corrected chi connectivity index (χ1v) is 16.9. The summed E-state index contributed by atoms with van der Waals surface area (Å²) in [5.74, 6) is -2.93. The minimum absolute atomic E-state index is 0.0140. The molecule has 234 valence electrons. The van der Waals surface area contributed by atoms with E-state index in [-0.39, 0.29) is 29.7 Å². The van der Waals surface area contributed by atoms with Gasteiger partial charge in [-0.25, -0.2) is 14.4 Å². The molecule has 1 aromatic heterocycles. The van der Waals surface area contributed by atoms with Gasteiger partial charge in [0.05, 0.1) is 22.8 Å². The normalized spacial score (nSPS) is 18.2. The van der Waals surface area contributed by atoms with E-state index in [2.05, 4.69) is 10.3 Å². The number of β-lactam (4-membered cyclic amide) rings is 1. The second kappa shape index (κ2) is 15.3. The van der Waals surface area contributed by atoms with E-state index < -0.39 is 35.3 Å². The number of nitrogens with one attached hydrogen (secondary N) is 1. The van der Waals surface area contributed by atoms with Crippen molar-refractivity contribution in [2.75, 3.05) is 17.3 Å². The zero-order valence-electron chi connectivity index (χ0n) is 23.0. The number of benzene rings is 1. The highest BCUT2D eigenvalue weighted by atomic mass is 35.5. The number of fused-ring (bicyclic) bond motifs is 1. The molecule has 2 aromatic rings. The Hall–Kier alpha value is -3.11. The van der Waals surface area contributed by atoms with Crippen LogP contribution >= 0.6 is 58.5 Å². The molecule has 0 unspecified atom stereocenters. The van der Waals surface area contributed by atoms with Crippen LogP contribution in [-0.2, 0) is 25.7 Å². The van der Waals surface area contributed by atoms with Crippen LogP contribution in [0.5, 0.6) is 0 Å². The number of carbonyl (C=O) groups excluding carboxylic acids is 3. The van der Waals surface area contributed by atoms with E-state index in [4.69, 9.17) is 34.7 Å². The van der Waals surface area contributed by atoms with E-state index in [1.165, 1.54) is 40.2 Å². The Morgan fingerprint density at radius 3 is 2.59 bits per heavy atom. The molecule has 3 heterocycles. The molecule has 44 heavy (non-hydrogen) atoms. The van der Waals surface area contributed by atoms with Crippen molar-refractivity contribution >= 4 is 88.2 Å². The van der Waals surface area contributed by atoms with Crippen LogP contribution in [0.25, 0.3) is 0 Å². The molecule has 2 aliphatic rings. The lowest BCUT2D eigenvalue weighted by atomic mass is 10.0. The average molecular weight is 700 g/mol. The summed E-state index contributed by atoms with van der Waals surface area (Å²) in [6, 6.07) is 6.74. The molecule has 0 radical (unpaired) electrons. The lowest BCUT2D eigenvalue weighted by Gasteiger charge is -2.49. The summed E-state index contributed by atoms with van der Waals surface area (Å²) in [6.45, 7) is 0.531. The number of carboxylic acid groups (broad SMARTS) is 2. The summed E-state index contributed by atoms with van der Waals surface area (Å²) in [5, 5.41) is 24.3. The highest BCUT2D eigenvalue weighted by Crippen LogP contribution is 2.41. The standard InChI is InChI=1S/C27H28Cl2N6O6S3/c28-15-3-4-17(29)19(10-15)43-13-20(36)33-21-23(37)35-22(26(40)41)14(12-44-24(21)35)11-42-16-5-8-34(9-6-16)7-1-2-18(25(38)39)32-27(30)31/h3-6,8-10,18,21,24H,1-2,7,11-13H2,(H6-,30,31,32,33,36,38,39,40,41)/t18-,21+,24+/m0/s1. The van der Waals surface area contributed by atoms with Gasteiger partial charge in [0.15, 0.2) is 18.4 Å². The summed E-state index contributed by atoms with van der Waals surface area (Å²) in [4.78, 5) is 55.4. The first-order valence-electron chi connectivity index (χ1n) is 13.1. The number of nitrogens with two attached hydrogens (primary N) is 2. The highest BCUT2D eigenvalue weighted by molar-refractivity contribution is 8.01. The molecule has 1 aromatic carbocycles. The minimum Gasteiger partial charge on any atom is -0.548 e. The minimum atomic E-state index is -1.34. The second-order valence-corrected chi connectivity index (χ2v) is 13.7. The highest BCUT2D eigenvalue weighted by Gasteiger charge is 2.54. The van der Waals surface area contributed by atoms with Crippen LogP contribution in [0.1, 0.15) is 12.8 Å². The number of nitrogens with zero attached hydrogens (tertiary/aromatic N) is 3. The van der Waals surface area contributed by atoms with E-state index in [1.807, 2.05) is 29.1 Å². The molecule has 0 bridgehead atoms. The van der Waals surface area contributed by atoms with Crippen LogP contribution in [0.4, 0.5) is 0 Å². The van der Waals surface area contributed by atoms with Crippen molar-refractivity contribution in [3.8, 4) is 0 Å². The number of carboxylic acids is 2. The molecular weight excluding hydrogens is 671 g/mol. The van der Waals surface area contributed by atoms with Gasteiger partial charge in [-0.15, -0.1) is 35.3 Å². The number of halogens is 2. The Morgan fingerprint density at radius 2 is 1.93 bits per heavy atom. The number of hydrogen-bond acceptors (Lipinski definition) is 9. The van der Waals surface area contributed by atoms with Crippen LogP contribution in [0.15, 0.2) is 68.8 Å². The predicted molar refractivity (Wildman–Crippen MR) is 168 cm³/mol. The lowest BCUT2D eigenvalue weighted by molar-refractivity contribution is -0.697. The smallest absolute Gasteiger partial charge is 0.352 e. The molecule has 12 nitrogen and oxygen atoms in total. The largest absolute Gasteiger partial charge is 0.548 e. The van der Waals surface area contributed by atoms with Crippen molar-refractivity contribution in [1.29, 1.82) is 0 Å². The third-order valence-corrected chi connectivity index (χ3v) is 10.7. The number of thioether (sulfide) groups is 3. The molecule has 0 spiro atoms. The number of carbonyl (C=O) groups is 4. The van der Waals surface area contributed by atoms with Crippen LogP contribution in [0, 0.1) is 0 Å². The Kier molecular flexibility index (Phi) is 11.7. The summed E-state index contributed by atoms with van der Waals surface area (Å²) < 4.78 is 1.88. The van der Waals surface area contributed by atoms with Crippen molar-refractivity contribution in [3.63, 3.8) is 0 Å². The number of aliphatic carboxylic acids is 2. The van der Waals surface area contributed by atoms with Crippen molar-refractivity contribution in [2.45, 2.75) is 46.6 Å². The summed E-state index contributed by atoms with van der Waals surface area (Å²) in [7, 11) is 0. The molecule has 3 atom stereocenters. The maximum absolute atomic E-state index is 13.0. The number of aromatic nitrogens is 1. The van der Waals surface area contributed by atoms with Crippen molar-refractivity contribution < 1.29 is 34.0 Å². The SMILES string of the molecule is NC(N)=N[C@@H](CCC[n+]1ccc(SCC2=C(C(=O)O)N3C(=O)[C@@H](NC(=O)CSc4cc(Cl)ccc4Cl)[C@H]3SC2)cc1)C(=O)[O-]. The zero-order chi connectivity index (χ0) is 32.0. The molecule has 17 heteroatoms. The van der Waals surface area contributed by atoms with E-state index in [9.17, 15) is 29.4 Å². The monoisotopic (exact) mass is 698 g/mol. The fourth-order valence-electron chi connectivity index (χ4n) is 4.48. The number of hydrogen-bond donors (Lipinski definition) is 4. The zero-order valence-corrected chi connectivity index (χ0v) is 26.9. The molecule has 4 rings (SSSR count). The third-order valence-electron chi connectivity index (χ3n) is 6.56. The summed E-state index contributed by atoms with van der Waals surface area (Å²) in [5.41, 5.74) is 11.1. The topological polar surface area (TPSA) is 195 Å². The Labute approximate surface area is 275 Å². The molecule has 2 amide bonds. The van der Waals surface area contributed by atoms with Gasteiger partial charge >= 0.3 is 5.97 Å². The number of aliphatic imine (C=N–C) groups is 1. The fourth-order valence-corrected chi connectivity index (χ4v) is 8.16. The molecule has 0 saturated carbocycles. The first-order chi connectivity index (χ1) is 20.9. The quantitative estimate of drug-likeness (QED) is 0.0725. The van der Waals surface area contributed by atoms with E-state index in [0.717, 1.165) is 4.90 Å². The van der Waals surface area contributed by atoms with E-state index in [1.54, 1.807) is 18.2 Å². The van der Waals surface area contributed by atoms with Crippen LogP contribution in [-0.4, -0.2) is 74.4 Å². The number of aryl methyl sites for hydroxylation is 1. The average Bonchev–Trinajstić information content (AvgIpc) is 2.98. The maximum atomic E-state index is 13.0. The van der Waals surface area contributed by atoms with Crippen molar-refractivity contribution in [2.24, 2.45) is 16.5 Å².